The van der Waals surface area contributed by atoms with Crippen molar-refractivity contribution in [3.8, 4) is 22.8 Å². The first-order chi connectivity index (χ1) is 17.5. The molecule has 0 aliphatic carbocycles. The minimum Gasteiger partial charge on any atom is -0.488 e. The fraction of sp³-hybridized carbons (Fsp3) is 0.154. The van der Waals surface area contributed by atoms with E-state index in [-0.39, 0.29) is 48.3 Å². The van der Waals surface area contributed by atoms with E-state index in [2.05, 4.69) is 5.16 Å². The van der Waals surface area contributed by atoms with E-state index in [9.17, 15) is 14.9 Å². The van der Waals surface area contributed by atoms with Gasteiger partial charge in [-0.1, -0.05) is 77.4 Å². The van der Waals surface area contributed by atoms with Gasteiger partial charge in [-0.15, -0.1) is 0 Å². The van der Waals surface area contributed by atoms with Crippen LogP contribution in [0.3, 0.4) is 0 Å². The summed E-state index contributed by atoms with van der Waals surface area (Å²) in [5.41, 5.74) is 6.41. The maximum Gasteiger partial charge on any atom is 0.347 e. The lowest BCUT2D eigenvalue weighted by Gasteiger charge is -2.14. The summed E-state index contributed by atoms with van der Waals surface area (Å²) < 4.78 is 17.2. The third kappa shape index (κ3) is 5.70. The number of carbonyl (C=O) groups excluding carboxylic acids is 1. The van der Waals surface area contributed by atoms with Crippen LogP contribution in [0.4, 0.5) is 5.69 Å². The maximum absolute atomic E-state index is 12.4. The smallest absolute Gasteiger partial charge is 0.347 e. The molecule has 1 aromatic heterocycles. The third-order valence-corrected chi connectivity index (χ3v) is 5.53. The zero-order valence-electron chi connectivity index (χ0n) is 19.1. The van der Waals surface area contributed by atoms with E-state index in [1.807, 2.05) is 60.7 Å². The minimum atomic E-state index is -0.718. The van der Waals surface area contributed by atoms with E-state index in [1.54, 1.807) is 0 Å². The summed E-state index contributed by atoms with van der Waals surface area (Å²) in [6, 6.07) is 21.9. The van der Waals surface area contributed by atoms with Gasteiger partial charge in [0.05, 0.1) is 15.5 Å². The van der Waals surface area contributed by atoms with Crippen molar-refractivity contribution in [3.63, 3.8) is 0 Å². The van der Waals surface area contributed by atoms with E-state index in [0.29, 0.717) is 5.75 Å². The van der Waals surface area contributed by atoms with Gasteiger partial charge in [-0.2, -0.15) is 0 Å². The van der Waals surface area contributed by atoms with Gasteiger partial charge in [0.15, 0.2) is 5.78 Å². The molecule has 0 fully saturated rings. The van der Waals surface area contributed by atoms with Crippen LogP contribution in [0.2, 0.25) is 5.02 Å². The van der Waals surface area contributed by atoms with Crippen molar-refractivity contribution < 1.29 is 23.7 Å². The van der Waals surface area contributed by atoms with E-state index in [4.69, 9.17) is 31.3 Å². The van der Waals surface area contributed by atoms with Crippen molar-refractivity contribution in [2.75, 3.05) is 6.54 Å². The zero-order valence-corrected chi connectivity index (χ0v) is 19.8. The first kappa shape index (κ1) is 24.9. The van der Waals surface area contributed by atoms with Crippen molar-refractivity contribution >= 4 is 23.1 Å². The van der Waals surface area contributed by atoms with Crippen LogP contribution in [0.1, 0.15) is 28.0 Å². The SMILES string of the molecule is NCCC(=O)c1noc(-c2cc(Cl)c(OCc3ccccc3)cc2OCc2ccccc2)c1[N+](=O)[O-]. The average Bonchev–Trinajstić information content (AvgIpc) is 3.34. The van der Waals surface area contributed by atoms with Crippen LogP contribution in [0.5, 0.6) is 11.5 Å². The quantitative estimate of drug-likeness (QED) is 0.158. The molecule has 0 saturated carbocycles. The molecule has 0 spiro atoms. The van der Waals surface area contributed by atoms with Crippen LogP contribution in [-0.2, 0) is 13.2 Å². The predicted octanol–water partition coefficient (Wildman–Crippen LogP) is 5.59. The number of nitrogens with zero attached hydrogens (tertiary/aromatic N) is 2. The Labute approximate surface area is 211 Å². The van der Waals surface area contributed by atoms with Crippen molar-refractivity contribution in [2.45, 2.75) is 19.6 Å². The summed E-state index contributed by atoms with van der Waals surface area (Å²) in [6.45, 7) is 0.426. The molecule has 0 unspecified atom stereocenters. The molecule has 3 aromatic carbocycles. The van der Waals surface area contributed by atoms with Gasteiger partial charge in [-0.05, 0) is 23.7 Å². The molecule has 9 nitrogen and oxygen atoms in total. The molecule has 184 valence electrons. The van der Waals surface area contributed by atoms with Crippen LogP contribution < -0.4 is 15.2 Å². The van der Waals surface area contributed by atoms with Crippen molar-refractivity contribution in [1.29, 1.82) is 0 Å². The Morgan fingerprint density at radius 2 is 1.56 bits per heavy atom. The molecule has 1 heterocycles. The van der Waals surface area contributed by atoms with Crippen LogP contribution in [-0.4, -0.2) is 22.4 Å². The van der Waals surface area contributed by atoms with Gasteiger partial charge in [0, 0.05) is 12.5 Å². The van der Waals surface area contributed by atoms with Gasteiger partial charge < -0.3 is 19.7 Å². The van der Waals surface area contributed by atoms with Gasteiger partial charge in [0.2, 0.25) is 11.5 Å². The molecule has 0 bridgehead atoms. The van der Waals surface area contributed by atoms with Crippen LogP contribution in [0.15, 0.2) is 77.3 Å². The number of rotatable bonds is 11. The van der Waals surface area contributed by atoms with Gasteiger partial charge in [0.25, 0.3) is 0 Å². The molecule has 0 amide bonds. The average molecular weight is 508 g/mol. The standard InChI is InChI=1S/C26H22ClN3O6/c27-20-13-19(26-25(30(32)33)24(29-36-26)21(31)11-12-28)22(34-15-17-7-3-1-4-8-17)14-23(20)35-16-18-9-5-2-6-10-18/h1-10,13-14H,11-12,15-16,28H2. The first-order valence-corrected chi connectivity index (χ1v) is 11.4. The molecule has 0 aliphatic rings. The number of nitro groups is 1. The number of carbonyl (C=O) groups is 1. The lowest BCUT2D eigenvalue weighted by Crippen LogP contribution is -2.10. The van der Waals surface area contributed by atoms with Gasteiger partial charge in [-0.3, -0.25) is 14.9 Å². The Kier molecular flexibility index (Phi) is 7.94. The Morgan fingerprint density at radius 1 is 0.972 bits per heavy atom. The largest absolute Gasteiger partial charge is 0.488 e. The van der Waals surface area contributed by atoms with E-state index < -0.39 is 22.1 Å². The molecular weight excluding hydrogens is 486 g/mol. The highest BCUT2D eigenvalue weighted by Gasteiger charge is 2.34. The number of ketones is 1. The topological polar surface area (TPSA) is 131 Å². The Bertz CT molecular complexity index is 1360. The highest BCUT2D eigenvalue weighted by Crippen LogP contribution is 2.43. The summed E-state index contributed by atoms with van der Waals surface area (Å²) in [5, 5.41) is 15.8. The molecule has 0 atom stereocenters. The molecule has 0 radical (unpaired) electrons. The summed E-state index contributed by atoms with van der Waals surface area (Å²) in [7, 11) is 0. The number of Topliss-reactive ketones (excluding diaryl/α,β-unsaturated/α-hetero) is 1. The highest BCUT2D eigenvalue weighted by atomic mass is 35.5. The van der Waals surface area contributed by atoms with Gasteiger partial charge in [0.1, 0.15) is 24.7 Å². The molecule has 36 heavy (non-hydrogen) atoms. The molecule has 2 N–H and O–H groups in total. The Morgan fingerprint density at radius 3 is 2.11 bits per heavy atom. The van der Waals surface area contributed by atoms with Crippen LogP contribution in [0, 0.1) is 10.1 Å². The number of benzene rings is 3. The third-order valence-electron chi connectivity index (χ3n) is 5.24. The molecular formula is C26H22ClN3O6. The second-order valence-electron chi connectivity index (χ2n) is 7.76. The summed E-state index contributed by atoms with van der Waals surface area (Å²) in [5.74, 6) is -0.322. The molecule has 4 rings (SSSR count). The number of ether oxygens (including phenoxy) is 2. The Balaban J connectivity index is 1.75. The van der Waals surface area contributed by atoms with E-state index in [0.717, 1.165) is 11.1 Å². The monoisotopic (exact) mass is 507 g/mol. The van der Waals surface area contributed by atoms with E-state index >= 15 is 0 Å². The van der Waals surface area contributed by atoms with Crippen LogP contribution >= 0.6 is 11.6 Å². The Hall–Kier alpha value is -4.21. The zero-order chi connectivity index (χ0) is 25.5. The molecule has 0 saturated heterocycles. The maximum atomic E-state index is 12.4. The van der Waals surface area contributed by atoms with E-state index in [1.165, 1.54) is 12.1 Å². The number of nitrogens with two attached hydrogens (primary N) is 1. The summed E-state index contributed by atoms with van der Waals surface area (Å²) in [6.07, 6.45) is -0.114. The highest BCUT2D eigenvalue weighted by molar-refractivity contribution is 6.32. The predicted molar refractivity (Wildman–Crippen MR) is 133 cm³/mol. The number of halogens is 1. The minimum absolute atomic E-state index is 0.0168. The fourth-order valence-corrected chi connectivity index (χ4v) is 3.69. The van der Waals surface area contributed by atoms with Crippen molar-refractivity contribution in [2.24, 2.45) is 5.73 Å². The fourth-order valence-electron chi connectivity index (χ4n) is 3.48. The molecule has 0 aliphatic heterocycles. The normalized spacial score (nSPS) is 10.7. The first-order valence-electron chi connectivity index (χ1n) is 11.0. The number of hydrogen-bond acceptors (Lipinski definition) is 8. The van der Waals surface area contributed by atoms with Crippen molar-refractivity contribution in [3.05, 3.63) is 105 Å². The molecule has 4 aromatic rings. The molecule has 10 heteroatoms. The number of hydrogen-bond donors (Lipinski definition) is 1. The van der Waals surface area contributed by atoms with Crippen LogP contribution in [0.25, 0.3) is 11.3 Å². The second kappa shape index (κ2) is 11.5. The lowest BCUT2D eigenvalue weighted by atomic mass is 10.1. The summed E-state index contributed by atoms with van der Waals surface area (Å²) >= 11 is 6.49. The lowest BCUT2D eigenvalue weighted by molar-refractivity contribution is -0.384. The van der Waals surface area contributed by atoms with Gasteiger partial charge >= 0.3 is 5.69 Å². The van der Waals surface area contributed by atoms with Crippen molar-refractivity contribution in [1.82, 2.24) is 5.16 Å². The summed E-state index contributed by atoms with van der Waals surface area (Å²) in [4.78, 5) is 23.6. The second-order valence-corrected chi connectivity index (χ2v) is 8.16. The van der Waals surface area contributed by atoms with Gasteiger partial charge in [-0.25, -0.2) is 0 Å². The number of aromatic nitrogens is 1.